The van der Waals surface area contributed by atoms with Crippen molar-refractivity contribution in [1.82, 2.24) is 20.9 Å². The number of hydrogen-bond acceptors (Lipinski definition) is 3. The molecule has 1 aliphatic carbocycles. The predicted octanol–water partition coefficient (Wildman–Crippen LogP) is 1.56. The first-order valence-corrected chi connectivity index (χ1v) is 8.89. The van der Waals surface area contributed by atoms with Crippen LogP contribution in [0.3, 0.4) is 0 Å². The standard InChI is InChI=1S/C17H33N5O.HI/c1-17(2,3)15(23)19-9-10-20-16(18-4)21-13-7-11-22(12-8-13)14-5-6-14;/h13-14H,5-12H2,1-4H3,(H,19,23)(H2,18,20,21);1H. The molecule has 1 saturated heterocycles. The van der Waals surface area contributed by atoms with Crippen molar-refractivity contribution in [2.24, 2.45) is 10.4 Å². The highest BCUT2D eigenvalue weighted by molar-refractivity contribution is 14.0. The Morgan fingerprint density at radius 2 is 1.67 bits per heavy atom. The molecule has 7 heteroatoms. The Balaban J connectivity index is 0.00000288. The third-order valence-electron chi connectivity index (χ3n) is 4.54. The Morgan fingerprint density at radius 3 is 2.17 bits per heavy atom. The van der Waals surface area contributed by atoms with Crippen LogP contribution >= 0.6 is 24.0 Å². The van der Waals surface area contributed by atoms with E-state index < -0.39 is 0 Å². The Hall–Kier alpha value is -0.570. The first-order valence-electron chi connectivity index (χ1n) is 8.89. The van der Waals surface area contributed by atoms with Gasteiger partial charge in [-0.25, -0.2) is 0 Å². The summed E-state index contributed by atoms with van der Waals surface area (Å²) in [6, 6.07) is 1.38. The number of aliphatic imine (C=N–C) groups is 1. The van der Waals surface area contributed by atoms with E-state index in [4.69, 9.17) is 0 Å². The van der Waals surface area contributed by atoms with Gasteiger partial charge < -0.3 is 20.9 Å². The Bertz CT molecular complexity index is 423. The van der Waals surface area contributed by atoms with Crippen LogP contribution in [0.25, 0.3) is 0 Å². The molecule has 6 nitrogen and oxygen atoms in total. The van der Waals surface area contributed by atoms with Crippen molar-refractivity contribution in [3.05, 3.63) is 0 Å². The number of guanidine groups is 1. The zero-order valence-corrected chi connectivity index (χ0v) is 17.9. The quantitative estimate of drug-likeness (QED) is 0.257. The Labute approximate surface area is 163 Å². The number of rotatable bonds is 5. The lowest BCUT2D eigenvalue weighted by molar-refractivity contribution is -0.128. The van der Waals surface area contributed by atoms with E-state index in [2.05, 4.69) is 25.8 Å². The lowest BCUT2D eigenvalue weighted by atomic mass is 9.96. The van der Waals surface area contributed by atoms with Crippen molar-refractivity contribution >= 4 is 35.8 Å². The van der Waals surface area contributed by atoms with Gasteiger partial charge in [-0.1, -0.05) is 20.8 Å². The molecule has 0 aromatic rings. The van der Waals surface area contributed by atoms with Crippen LogP contribution in [0.2, 0.25) is 0 Å². The second kappa shape index (κ2) is 9.79. The number of hydrogen-bond donors (Lipinski definition) is 3. The van der Waals surface area contributed by atoms with Gasteiger partial charge >= 0.3 is 0 Å². The third-order valence-corrected chi connectivity index (χ3v) is 4.54. The van der Waals surface area contributed by atoms with E-state index in [1.165, 1.54) is 38.8 Å². The van der Waals surface area contributed by atoms with Crippen LogP contribution < -0.4 is 16.0 Å². The fraction of sp³-hybridized carbons (Fsp3) is 0.882. The fourth-order valence-corrected chi connectivity index (χ4v) is 2.86. The van der Waals surface area contributed by atoms with Crippen LogP contribution in [-0.4, -0.2) is 62.1 Å². The average molecular weight is 451 g/mol. The van der Waals surface area contributed by atoms with E-state index in [1.54, 1.807) is 7.05 Å². The monoisotopic (exact) mass is 451 g/mol. The highest BCUT2D eigenvalue weighted by Crippen LogP contribution is 2.29. The lowest BCUT2D eigenvalue weighted by Gasteiger charge is -2.33. The minimum atomic E-state index is -0.338. The zero-order chi connectivity index (χ0) is 16.9. The molecule has 24 heavy (non-hydrogen) atoms. The van der Waals surface area contributed by atoms with Crippen LogP contribution in [0, 0.1) is 5.41 Å². The summed E-state index contributed by atoms with van der Waals surface area (Å²) in [6.45, 7) is 9.44. The number of carbonyl (C=O) groups excluding carboxylic acids is 1. The van der Waals surface area contributed by atoms with Gasteiger partial charge in [0.05, 0.1) is 0 Å². The number of nitrogens with one attached hydrogen (secondary N) is 3. The summed E-state index contributed by atoms with van der Waals surface area (Å²) in [5.41, 5.74) is -0.338. The van der Waals surface area contributed by atoms with Crippen molar-refractivity contribution < 1.29 is 4.79 Å². The molecule has 2 rings (SSSR count). The Morgan fingerprint density at radius 1 is 1.08 bits per heavy atom. The number of halogens is 1. The predicted molar refractivity (Wildman–Crippen MR) is 110 cm³/mol. The second-order valence-corrected chi connectivity index (χ2v) is 7.69. The fourth-order valence-electron chi connectivity index (χ4n) is 2.86. The van der Waals surface area contributed by atoms with Crippen LogP contribution in [-0.2, 0) is 4.79 Å². The highest BCUT2D eigenvalue weighted by Gasteiger charge is 2.31. The van der Waals surface area contributed by atoms with E-state index in [9.17, 15) is 4.79 Å². The SMILES string of the molecule is CN=C(NCCNC(=O)C(C)(C)C)NC1CCN(C2CC2)CC1.I. The summed E-state index contributed by atoms with van der Waals surface area (Å²) < 4.78 is 0. The normalized spacial score (nSPS) is 20.2. The van der Waals surface area contributed by atoms with Crippen LogP contribution in [0.5, 0.6) is 0 Å². The van der Waals surface area contributed by atoms with E-state index in [0.717, 1.165) is 12.0 Å². The van der Waals surface area contributed by atoms with Crippen molar-refractivity contribution in [1.29, 1.82) is 0 Å². The molecule has 1 amide bonds. The first-order chi connectivity index (χ1) is 10.9. The number of amides is 1. The van der Waals surface area contributed by atoms with Gasteiger partial charge in [-0.15, -0.1) is 24.0 Å². The molecular weight excluding hydrogens is 417 g/mol. The number of piperidine rings is 1. The maximum absolute atomic E-state index is 11.8. The lowest BCUT2D eigenvalue weighted by Crippen LogP contribution is -2.50. The van der Waals surface area contributed by atoms with Crippen LogP contribution in [0.4, 0.5) is 0 Å². The maximum atomic E-state index is 11.8. The van der Waals surface area contributed by atoms with Crippen molar-refractivity contribution in [2.75, 3.05) is 33.2 Å². The summed E-state index contributed by atoms with van der Waals surface area (Å²) in [5.74, 6) is 0.912. The topological polar surface area (TPSA) is 68.8 Å². The molecule has 2 fully saturated rings. The van der Waals surface area contributed by atoms with Gasteiger partial charge in [0.25, 0.3) is 0 Å². The zero-order valence-electron chi connectivity index (χ0n) is 15.5. The number of likely N-dealkylation sites (tertiary alicyclic amines) is 1. The van der Waals surface area contributed by atoms with Gasteiger partial charge in [0.15, 0.2) is 5.96 Å². The molecule has 0 spiro atoms. The number of nitrogens with zero attached hydrogens (tertiary/aromatic N) is 2. The molecule has 0 aromatic heterocycles. The molecule has 2 aliphatic rings. The van der Waals surface area contributed by atoms with Crippen LogP contribution in [0.1, 0.15) is 46.5 Å². The molecule has 1 saturated carbocycles. The Kier molecular flexibility index (Phi) is 8.76. The van der Waals surface area contributed by atoms with Gasteiger partial charge in [0.1, 0.15) is 0 Å². The molecule has 1 aliphatic heterocycles. The van der Waals surface area contributed by atoms with Gasteiger partial charge in [-0.2, -0.15) is 0 Å². The summed E-state index contributed by atoms with van der Waals surface area (Å²) in [7, 11) is 1.79. The van der Waals surface area contributed by atoms with Gasteiger partial charge in [0.2, 0.25) is 5.91 Å². The summed E-state index contributed by atoms with van der Waals surface area (Å²) in [5, 5.41) is 9.72. The molecule has 140 valence electrons. The molecule has 0 atom stereocenters. The first kappa shape index (κ1) is 21.5. The third kappa shape index (κ3) is 7.13. The molecule has 0 unspecified atom stereocenters. The van der Waals surface area contributed by atoms with E-state index in [1.807, 2.05) is 20.8 Å². The average Bonchev–Trinajstić information content (AvgIpc) is 3.34. The smallest absolute Gasteiger partial charge is 0.225 e. The molecule has 3 N–H and O–H groups in total. The molecule has 1 heterocycles. The summed E-state index contributed by atoms with van der Waals surface area (Å²) >= 11 is 0. The number of carbonyl (C=O) groups is 1. The van der Waals surface area contributed by atoms with Gasteiger partial charge in [-0.05, 0) is 25.7 Å². The van der Waals surface area contributed by atoms with E-state index >= 15 is 0 Å². The molecular formula is C17H34IN5O. The largest absolute Gasteiger partial charge is 0.355 e. The second-order valence-electron chi connectivity index (χ2n) is 7.69. The van der Waals surface area contributed by atoms with E-state index in [0.29, 0.717) is 19.1 Å². The van der Waals surface area contributed by atoms with E-state index in [-0.39, 0.29) is 35.3 Å². The van der Waals surface area contributed by atoms with Crippen LogP contribution in [0.15, 0.2) is 4.99 Å². The summed E-state index contributed by atoms with van der Waals surface area (Å²) in [6.07, 6.45) is 5.14. The van der Waals surface area contributed by atoms with Gasteiger partial charge in [-0.3, -0.25) is 9.79 Å². The highest BCUT2D eigenvalue weighted by atomic mass is 127. The molecule has 0 aromatic carbocycles. The van der Waals surface area contributed by atoms with Gasteiger partial charge in [0, 0.05) is 50.7 Å². The summed E-state index contributed by atoms with van der Waals surface area (Å²) in [4.78, 5) is 18.7. The van der Waals surface area contributed by atoms with Crippen molar-refractivity contribution in [3.8, 4) is 0 Å². The maximum Gasteiger partial charge on any atom is 0.225 e. The molecule has 0 bridgehead atoms. The van der Waals surface area contributed by atoms with Crippen molar-refractivity contribution in [2.45, 2.75) is 58.5 Å². The molecule has 0 radical (unpaired) electrons. The minimum Gasteiger partial charge on any atom is -0.355 e. The minimum absolute atomic E-state index is 0. The van der Waals surface area contributed by atoms with Crippen molar-refractivity contribution in [3.63, 3.8) is 0 Å².